The van der Waals surface area contributed by atoms with E-state index in [0.717, 1.165) is 22.3 Å². The molecule has 6 heteroatoms. The third kappa shape index (κ3) is 2.72. The molecule has 0 radical (unpaired) electrons. The van der Waals surface area contributed by atoms with Gasteiger partial charge in [0.1, 0.15) is 0 Å². The van der Waals surface area contributed by atoms with Gasteiger partial charge >= 0.3 is 5.08 Å². The summed E-state index contributed by atoms with van der Waals surface area (Å²) < 4.78 is 0. The van der Waals surface area contributed by atoms with Crippen LogP contribution in [0.4, 0.5) is 0 Å². The first-order chi connectivity index (χ1) is 9.65. The Morgan fingerprint density at radius 2 is 1.50 bits per heavy atom. The highest BCUT2D eigenvalue weighted by molar-refractivity contribution is 6.11. The van der Waals surface area contributed by atoms with Gasteiger partial charge < -0.3 is 0 Å². The summed E-state index contributed by atoms with van der Waals surface area (Å²) in [5.74, 6) is 0. The Hall–Kier alpha value is -2.94. The van der Waals surface area contributed by atoms with Crippen molar-refractivity contribution in [3.8, 4) is 0 Å². The fraction of sp³-hybridized carbons (Fsp3) is 0.143. The SMILES string of the molecule is CC1=CC(=C2C=C/C(=N\[N+]#N)C(C)=C\2)/C=CC/1=N\N=N. The third-order valence-electron chi connectivity index (χ3n) is 3.04. The topological polar surface area (TPSA) is 89.1 Å². The molecule has 20 heavy (non-hydrogen) atoms. The summed E-state index contributed by atoms with van der Waals surface area (Å²) in [6.07, 6.45) is 11.4. The summed E-state index contributed by atoms with van der Waals surface area (Å²) in [5.41, 5.74) is 12.0. The molecule has 6 nitrogen and oxygen atoms in total. The van der Waals surface area contributed by atoms with Crippen molar-refractivity contribution >= 4 is 11.4 Å². The highest BCUT2D eigenvalue weighted by atomic mass is 15.3. The van der Waals surface area contributed by atoms with Crippen LogP contribution in [0.2, 0.25) is 0 Å². The van der Waals surface area contributed by atoms with Crippen LogP contribution < -0.4 is 0 Å². The molecule has 0 unspecified atom stereocenters. The Morgan fingerprint density at radius 3 is 1.95 bits per heavy atom. The molecule has 0 aromatic heterocycles. The van der Waals surface area contributed by atoms with Gasteiger partial charge in [-0.3, -0.25) is 0 Å². The van der Waals surface area contributed by atoms with E-state index in [9.17, 15) is 0 Å². The van der Waals surface area contributed by atoms with E-state index < -0.39 is 0 Å². The van der Waals surface area contributed by atoms with E-state index in [2.05, 4.69) is 20.5 Å². The van der Waals surface area contributed by atoms with Crippen LogP contribution in [-0.2, 0) is 0 Å². The maximum absolute atomic E-state index is 8.47. The van der Waals surface area contributed by atoms with Crippen molar-refractivity contribution in [3.63, 3.8) is 0 Å². The summed E-state index contributed by atoms with van der Waals surface area (Å²) in [4.78, 5) is 0. The van der Waals surface area contributed by atoms with Gasteiger partial charge in [0, 0.05) is 0 Å². The van der Waals surface area contributed by atoms with Crippen LogP contribution >= 0.6 is 0 Å². The molecule has 2 rings (SSSR count). The molecule has 0 aliphatic heterocycles. The van der Waals surface area contributed by atoms with Crippen molar-refractivity contribution in [2.24, 2.45) is 15.4 Å². The van der Waals surface area contributed by atoms with Crippen molar-refractivity contribution in [1.29, 1.82) is 10.9 Å². The second-order valence-corrected chi connectivity index (χ2v) is 4.39. The van der Waals surface area contributed by atoms with Gasteiger partial charge in [0.05, 0.1) is 5.71 Å². The van der Waals surface area contributed by atoms with Crippen LogP contribution in [0.25, 0.3) is 5.08 Å². The Labute approximate surface area is 116 Å². The number of hydrogen-bond acceptors (Lipinski definition) is 4. The molecule has 0 spiro atoms. The first-order valence-electron chi connectivity index (χ1n) is 6.00. The van der Waals surface area contributed by atoms with E-state index in [1.165, 1.54) is 0 Å². The van der Waals surface area contributed by atoms with E-state index in [-0.39, 0.29) is 0 Å². The van der Waals surface area contributed by atoms with Crippen molar-refractivity contribution in [3.05, 3.63) is 63.8 Å². The van der Waals surface area contributed by atoms with Gasteiger partial charge in [-0.25, -0.2) is 0 Å². The smallest absolute Gasteiger partial charge is 0.185 e. The average molecular weight is 265 g/mol. The predicted molar refractivity (Wildman–Crippen MR) is 77.9 cm³/mol. The molecule has 98 valence electrons. The van der Waals surface area contributed by atoms with Gasteiger partial charge in [-0.15, -0.1) is 5.10 Å². The number of hydrogen-bond donors (Lipinski definition) is 1. The molecule has 0 amide bonds. The zero-order valence-electron chi connectivity index (χ0n) is 11.2. The summed E-state index contributed by atoms with van der Waals surface area (Å²) in [5, 5.41) is 21.7. The number of rotatable bonds is 1. The largest absolute Gasteiger partial charge is 0.339 e. The number of nitrogens with zero attached hydrogens (tertiary/aromatic N) is 5. The quantitative estimate of drug-likeness (QED) is 0.434. The van der Waals surface area contributed by atoms with E-state index >= 15 is 0 Å². The van der Waals surface area contributed by atoms with Crippen LogP contribution in [0.5, 0.6) is 0 Å². The van der Waals surface area contributed by atoms with E-state index in [0.29, 0.717) is 11.4 Å². The Kier molecular flexibility index (Phi) is 3.91. The molecule has 0 saturated carbocycles. The van der Waals surface area contributed by atoms with E-state index in [4.69, 9.17) is 10.9 Å². The van der Waals surface area contributed by atoms with Gasteiger partial charge in [0.15, 0.2) is 10.8 Å². The lowest BCUT2D eigenvalue weighted by molar-refractivity contribution is 0.989. The lowest BCUT2D eigenvalue weighted by Gasteiger charge is -2.12. The second-order valence-electron chi connectivity index (χ2n) is 4.39. The fourth-order valence-corrected chi connectivity index (χ4v) is 2.00. The summed E-state index contributed by atoms with van der Waals surface area (Å²) in [7, 11) is 0. The van der Waals surface area contributed by atoms with Crippen LogP contribution in [0, 0.1) is 10.9 Å². The minimum Gasteiger partial charge on any atom is -0.185 e. The molecular formula is C14H13N6+. The normalized spacial score (nSPS) is 25.4. The molecule has 0 heterocycles. The highest BCUT2D eigenvalue weighted by Gasteiger charge is 2.13. The summed E-state index contributed by atoms with van der Waals surface area (Å²) in [6.45, 7) is 3.83. The van der Waals surface area contributed by atoms with Crippen molar-refractivity contribution in [2.75, 3.05) is 0 Å². The predicted octanol–water partition coefficient (Wildman–Crippen LogP) is 3.91. The maximum Gasteiger partial charge on any atom is 0.339 e. The van der Waals surface area contributed by atoms with Crippen LogP contribution in [0.3, 0.4) is 0 Å². The van der Waals surface area contributed by atoms with Crippen LogP contribution in [-0.4, -0.2) is 11.4 Å². The first-order valence-corrected chi connectivity index (χ1v) is 6.00. The molecule has 0 atom stereocenters. The van der Waals surface area contributed by atoms with E-state index in [1.54, 1.807) is 6.08 Å². The van der Waals surface area contributed by atoms with Gasteiger partial charge in [0.2, 0.25) is 0 Å². The van der Waals surface area contributed by atoms with Crippen molar-refractivity contribution in [1.82, 2.24) is 0 Å². The Balaban J connectivity index is 2.40. The molecule has 0 bridgehead atoms. The van der Waals surface area contributed by atoms with Crippen molar-refractivity contribution < 1.29 is 0 Å². The molecule has 0 aromatic rings. The zero-order valence-corrected chi connectivity index (χ0v) is 11.2. The maximum atomic E-state index is 8.47. The van der Waals surface area contributed by atoms with Gasteiger partial charge in [-0.05, 0) is 60.4 Å². The molecule has 0 fully saturated rings. The monoisotopic (exact) mass is 265 g/mol. The first kappa shape index (κ1) is 13.5. The molecule has 2 aliphatic carbocycles. The molecule has 0 aromatic carbocycles. The lowest BCUT2D eigenvalue weighted by Crippen LogP contribution is -2.04. The minimum atomic E-state index is 0.632. The summed E-state index contributed by atoms with van der Waals surface area (Å²) >= 11 is 0. The minimum absolute atomic E-state index is 0.632. The van der Waals surface area contributed by atoms with Gasteiger partial charge in [-0.1, -0.05) is 17.4 Å². The number of nitrogens with one attached hydrogen (secondary N) is 1. The molecular weight excluding hydrogens is 252 g/mol. The molecule has 1 N–H and O–H groups in total. The van der Waals surface area contributed by atoms with Gasteiger partial charge in [0.25, 0.3) is 5.39 Å². The fourth-order valence-electron chi connectivity index (χ4n) is 2.00. The molecule has 0 saturated heterocycles. The number of allylic oxidation sites excluding steroid dienone is 10. The standard InChI is InChI=1S/C14H13N6/c1-9-7-11(3-5-13(9)17-19-15)12-4-6-14(18-20-16)10(2)8-12/h3-8,15H,1-2H3/q+1/b12-11+,17-13+,18-14+,19-15?. The van der Waals surface area contributed by atoms with Crippen LogP contribution in [0.1, 0.15) is 13.8 Å². The van der Waals surface area contributed by atoms with Crippen molar-refractivity contribution in [2.45, 2.75) is 13.8 Å². The average Bonchev–Trinajstić information content (AvgIpc) is 2.44. The Bertz CT molecular complexity index is 704. The third-order valence-corrected chi connectivity index (χ3v) is 3.04. The number of diazo groups is 1. The second kappa shape index (κ2) is 5.80. The van der Waals surface area contributed by atoms with Gasteiger partial charge in [-0.2, -0.15) is 5.53 Å². The molecule has 2 aliphatic rings. The highest BCUT2D eigenvalue weighted by Crippen LogP contribution is 2.23. The summed E-state index contributed by atoms with van der Waals surface area (Å²) in [6, 6.07) is 0. The lowest BCUT2D eigenvalue weighted by atomic mass is 9.93. The van der Waals surface area contributed by atoms with Crippen LogP contribution in [0.15, 0.2) is 74.2 Å². The van der Waals surface area contributed by atoms with E-state index in [1.807, 2.05) is 44.2 Å². The Morgan fingerprint density at radius 1 is 0.950 bits per heavy atom. The zero-order chi connectivity index (χ0) is 14.5.